The van der Waals surface area contributed by atoms with Crippen molar-refractivity contribution >= 4 is 23.0 Å². The van der Waals surface area contributed by atoms with E-state index in [2.05, 4.69) is 94.6 Å². The fourth-order valence-electron chi connectivity index (χ4n) is 4.05. The third-order valence-corrected chi connectivity index (χ3v) is 6.06. The Morgan fingerprint density at radius 3 is 2.52 bits per heavy atom. The van der Waals surface area contributed by atoms with Crippen molar-refractivity contribution in [2.45, 2.75) is 44.8 Å². The smallest absolute Gasteiger partial charge is 0.170 e. The topological polar surface area (TPSA) is 45.1 Å². The van der Waals surface area contributed by atoms with E-state index in [9.17, 15) is 0 Å². The molecule has 162 valence electrons. The summed E-state index contributed by atoms with van der Waals surface area (Å²) < 4.78 is 2.27. The lowest BCUT2D eigenvalue weighted by Gasteiger charge is -2.28. The van der Waals surface area contributed by atoms with Crippen LogP contribution in [-0.2, 0) is 5.54 Å². The first kappa shape index (κ1) is 21.4. The SMILES string of the molecule is CC(C)(C)n1ccc([C@@H]2[C@@H](c3ccccn3)NC(=S)N2CCCNc2ccccc2)c1. The van der Waals surface area contributed by atoms with Gasteiger partial charge in [-0.25, -0.2) is 0 Å². The zero-order valence-electron chi connectivity index (χ0n) is 18.5. The molecule has 1 saturated heterocycles. The quantitative estimate of drug-likeness (QED) is 0.400. The van der Waals surface area contributed by atoms with E-state index in [1.165, 1.54) is 5.56 Å². The summed E-state index contributed by atoms with van der Waals surface area (Å²) in [6.07, 6.45) is 7.26. The van der Waals surface area contributed by atoms with Crippen molar-refractivity contribution < 1.29 is 0 Å². The molecule has 6 heteroatoms. The molecule has 0 spiro atoms. The highest BCUT2D eigenvalue weighted by Gasteiger charge is 2.40. The number of benzene rings is 1. The van der Waals surface area contributed by atoms with Gasteiger partial charge >= 0.3 is 0 Å². The third-order valence-electron chi connectivity index (χ3n) is 5.71. The number of thiocarbonyl (C=S) groups is 1. The van der Waals surface area contributed by atoms with E-state index in [0.717, 1.165) is 36.0 Å². The average molecular weight is 434 g/mol. The van der Waals surface area contributed by atoms with Crippen LogP contribution in [0.15, 0.2) is 73.2 Å². The molecule has 0 amide bonds. The van der Waals surface area contributed by atoms with Gasteiger partial charge in [-0.15, -0.1) is 0 Å². The second kappa shape index (κ2) is 9.10. The van der Waals surface area contributed by atoms with Crippen LogP contribution in [0.25, 0.3) is 0 Å². The van der Waals surface area contributed by atoms with Crippen molar-refractivity contribution in [3.05, 3.63) is 84.4 Å². The number of para-hydroxylation sites is 1. The highest BCUT2D eigenvalue weighted by molar-refractivity contribution is 7.80. The largest absolute Gasteiger partial charge is 0.385 e. The van der Waals surface area contributed by atoms with Gasteiger partial charge in [0.05, 0.1) is 17.8 Å². The molecule has 3 heterocycles. The molecule has 2 aromatic heterocycles. The van der Waals surface area contributed by atoms with Crippen molar-refractivity contribution in [1.82, 2.24) is 19.8 Å². The Labute approximate surface area is 190 Å². The number of hydrogen-bond acceptors (Lipinski definition) is 3. The van der Waals surface area contributed by atoms with E-state index >= 15 is 0 Å². The highest BCUT2D eigenvalue weighted by Crippen LogP contribution is 2.39. The van der Waals surface area contributed by atoms with Crippen molar-refractivity contribution in [3.8, 4) is 0 Å². The van der Waals surface area contributed by atoms with Crippen LogP contribution in [0.4, 0.5) is 5.69 Å². The normalized spacial score (nSPS) is 18.8. The van der Waals surface area contributed by atoms with Crippen LogP contribution in [0, 0.1) is 0 Å². The van der Waals surface area contributed by atoms with Crippen molar-refractivity contribution in [3.63, 3.8) is 0 Å². The molecule has 3 aromatic rings. The lowest BCUT2D eigenvalue weighted by molar-refractivity contribution is 0.314. The Kier molecular flexibility index (Phi) is 6.28. The minimum absolute atomic E-state index is 0.0339. The molecule has 1 aromatic carbocycles. The zero-order valence-corrected chi connectivity index (χ0v) is 19.3. The first-order chi connectivity index (χ1) is 14.9. The maximum Gasteiger partial charge on any atom is 0.170 e. The van der Waals surface area contributed by atoms with E-state index in [1.807, 2.05) is 24.4 Å². The molecule has 1 fully saturated rings. The summed E-state index contributed by atoms with van der Waals surface area (Å²) in [5.41, 5.74) is 3.46. The van der Waals surface area contributed by atoms with Crippen LogP contribution < -0.4 is 10.6 Å². The number of pyridine rings is 1. The molecule has 2 atom stereocenters. The van der Waals surface area contributed by atoms with Gasteiger partial charge in [0.15, 0.2) is 5.11 Å². The molecule has 0 unspecified atom stereocenters. The summed E-state index contributed by atoms with van der Waals surface area (Å²) in [4.78, 5) is 6.95. The number of nitrogens with zero attached hydrogens (tertiary/aromatic N) is 3. The van der Waals surface area contributed by atoms with E-state index in [-0.39, 0.29) is 17.6 Å². The molecule has 0 bridgehead atoms. The van der Waals surface area contributed by atoms with Gasteiger partial charge in [0.25, 0.3) is 0 Å². The predicted octanol–water partition coefficient (Wildman–Crippen LogP) is 5.11. The standard InChI is InChI=1S/C25H31N5S/c1-25(2,3)29-17-13-19(18-29)23-22(21-12-7-8-14-27-21)28-24(31)30(23)16-9-15-26-20-10-5-4-6-11-20/h4-8,10-14,17-18,22-23,26H,9,15-16H2,1-3H3,(H,28,31)/t22-,23-/m1/s1. The number of nitrogens with one attached hydrogen (secondary N) is 2. The number of anilines is 1. The summed E-state index contributed by atoms with van der Waals surface area (Å²) in [6, 6.07) is 18.8. The van der Waals surface area contributed by atoms with Gasteiger partial charge in [0, 0.05) is 42.9 Å². The Bertz CT molecular complexity index is 994. The summed E-state index contributed by atoms with van der Waals surface area (Å²) in [6.45, 7) is 8.43. The molecule has 31 heavy (non-hydrogen) atoms. The monoisotopic (exact) mass is 433 g/mol. The van der Waals surface area contributed by atoms with Crippen LogP contribution in [0.1, 0.15) is 50.5 Å². The summed E-state index contributed by atoms with van der Waals surface area (Å²) in [5.74, 6) is 0. The highest BCUT2D eigenvalue weighted by atomic mass is 32.1. The number of rotatable bonds is 7. The van der Waals surface area contributed by atoms with E-state index in [1.54, 1.807) is 0 Å². The first-order valence-corrected chi connectivity index (χ1v) is 11.3. The van der Waals surface area contributed by atoms with Gasteiger partial charge in [-0.05, 0) is 75.3 Å². The van der Waals surface area contributed by atoms with E-state index in [4.69, 9.17) is 12.2 Å². The Hall–Kier alpha value is -2.86. The molecule has 5 nitrogen and oxygen atoms in total. The molecule has 4 rings (SSSR count). The fraction of sp³-hybridized carbons (Fsp3) is 0.360. The molecule has 0 saturated carbocycles. The lowest BCUT2D eigenvalue weighted by Crippen LogP contribution is -2.31. The summed E-state index contributed by atoms with van der Waals surface area (Å²) in [5, 5.41) is 7.83. The molecule has 0 aliphatic carbocycles. The number of aromatic nitrogens is 2. The molecule has 1 aliphatic rings. The minimum Gasteiger partial charge on any atom is -0.385 e. The minimum atomic E-state index is 0.0339. The summed E-state index contributed by atoms with van der Waals surface area (Å²) in [7, 11) is 0. The van der Waals surface area contributed by atoms with Crippen molar-refractivity contribution in [2.75, 3.05) is 18.4 Å². The molecule has 1 aliphatic heterocycles. The van der Waals surface area contributed by atoms with Gasteiger partial charge < -0.3 is 20.1 Å². The molecular formula is C25H31N5S. The van der Waals surface area contributed by atoms with Crippen LogP contribution in [0.2, 0.25) is 0 Å². The van der Waals surface area contributed by atoms with E-state index in [0.29, 0.717) is 0 Å². The Morgan fingerprint density at radius 1 is 1.06 bits per heavy atom. The van der Waals surface area contributed by atoms with Gasteiger partial charge in [0.2, 0.25) is 0 Å². The second-order valence-corrected chi connectivity index (χ2v) is 9.38. The van der Waals surface area contributed by atoms with Gasteiger partial charge in [-0.3, -0.25) is 4.98 Å². The predicted molar refractivity (Wildman–Crippen MR) is 131 cm³/mol. The van der Waals surface area contributed by atoms with Crippen LogP contribution in [0.3, 0.4) is 0 Å². The van der Waals surface area contributed by atoms with Crippen LogP contribution in [-0.4, -0.2) is 32.7 Å². The van der Waals surface area contributed by atoms with E-state index < -0.39 is 0 Å². The fourth-order valence-corrected chi connectivity index (χ4v) is 4.38. The zero-order chi connectivity index (χ0) is 21.8. The van der Waals surface area contributed by atoms with Crippen LogP contribution >= 0.6 is 12.2 Å². The lowest BCUT2D eigenvalue weighted by atomic mass is 9.99. The molecule has 2 N–H and O–H groups in total. The van der Waals surface area contributed by atoms with Gasteiger partial charge in [-0.1, -0.05) is 24.3 Å². The maximum absolute atomic E-state index is 5.78. The van der Waals surface area contributed by atoms with Gasteiger partial charge in [0.1, 0.15) is 0 Å². The first-order valence-electron chi connectivity index (χ1n) is 10.9. The number of hydrogen-bond donors (Lipinski definition) is 2. The Morgan fingerprint density at radius 2 is 1.84 bits per heavy atom. The van der Waals surface area contributed by atoms with Crippen LogP contribution in [0.5, 0.6) is 0 Å². The van der Waals surface area contributed by atoms with Crippen molar-refractivity contribution in [1.29, 1.82) is 0 Å². The molecule has 0 radical (unpaired) electrons. The molecular weight excluding hydrogens is 402 g/mol. The Balaban J connectivity index is 1.53. The maximum atomic E-state index is 5.78. The van der Waals surface area contributed by atoms with Gasteiger partial charge in [-0.2, -0.15) is 0 Å². The van der Waals surface area contributed by atoms with Crippen molar-refractivity contribution in [2.24, 2.45) is 0 Å². The average Bonchev–Trinajstić information content (AvgIpc) is 3.37. The second-order valence-electron chi connectivity index (χ2n) is 8.99. The summed E-state index contributed by atoms with van der Waals surface area (Å²) >= 11 is 5.78. The third kappa shape index (κ3) is 4.90.